The highest BCUT2D eigenvalue weighted by molar-refractivity contribution is 5.98. The van der Waals surface area contributed by atoms with E-state index in [0.717, 1.165) is 36.2 Å². The molecule has 1 heterocycles. The lowest BCUT2D eigenvalue weighted by Gasteiger charge is -2.18. The number of rotatable bonds is 3. The van der Waals surface area contributed by atoms with E-state index >= 15 is 0 Å². The Labute approximate surface area is 118 Å². The fourth-order valence-corrected chi connectivity index (χ4v) is 2.60. The highest BCUT2D eigenvalue weighted by atomic mass is 16.3. The zero-order chi connectivity index (χ0) is 13.9. The summed E-state index contributed by atoms with van der Waals surface area (Å²) in [5, 5.41) is 12.8. The Bertz CT molecular complexity index is 649. The lowest BCUT2D eigenvalue weighted by atomic mass is 9.97. The minimum Gasteiger partial charge on any atom is -0.508 e. The molecule has 0 fully saturated rings. The van der Waals surface area contributed by atoms with Gasteiger partial charge in [-0.25, -0.2) is 0 Å². The van der Waals surface area contributed by atoms with E-state index in [4.69, 9.17) is 0 Å². The van der Waals surface area contributed by atoms with Crippen molar-refractivity contribution < 1.29 is 9.90 Å². The van der Waals surface area contributed by atoms with Crippen molar-refractivity contribution in [1.29, 1.82) is 0 Å². The van der Waals surface area contributed by atoms with E-state index in [1.54, 1.807) is 18.2 Å². The lowest BCUT2D eigenvalue weighted by molar-refractivity contribution is 0.0993. The number of phenolic OH excluding ortho intramolecular Hbond substituents is 1. The van der Waals surface area contributed by atoms with E-state index < -0.39 is 0 Å². The summed E-state index contributed by atoms with van der Waals surface area (Å²) in [5.74, 6) is 0.286. The second-order valence-corrected chi connectivity index (χ2v) is 5.17. The Balaban J connectivity index is 1.80. The van der Waals surface area contributed by atoms with Gasteiger partial charge in [-0.1, -0.05) is 12.1 Å². The first-order chi connectivity index (χ1) is 9.72. The molecule has 20 heavy (non-hydrogen) atoms. The summed E-state index contributed by atoms with van der Waals surface area (Å²) in [7, 11) is 0. The number of nitrogens with one attached hydrogen (secondary N) is 1. The van der Waals surface area contributed by atoms with Crippen molar-refractivity contribution in [2.75, 3.05) is 11.9 Å². The van der Waals surface area contributed by atoms with Gasteiger partial charge in [0.1, 0.15) is 5.75 Å². The largest absolute Gasteiger partial charge is 0.508 e. The van der Waals surface area contributed by atoms with Gasteiger partial charge in [0.05, 0.1) is 0 Å². The van der Waals surface area contributed by atoms with Gasteiger partial charge in [0.25, 0.3) is 0 Å². The van der Waals surface area contributed by atoms with Crippen LogP contribution in [0.25, 0.3) is 0 Å². The molecule has 0 aromatic heterocycles. The van der Waals surface area contributed by atoms with E-state index in [1.807, 2.05) is 24.3 Å². The number of carbonyl (C=O) groups is 1. The first-order valence-electron chi connectivity index (χ1n) is 6.90. The fraction of sp³-hybridized carbons (Fsp3) is 0.235. The zero-order valence-corrected chi connectivity index (χ0v) is 11.2. The summed E-state index contributed by atoms with van der Waals surface area (Å²) in [6, 6.07) is 12.7. The molecule has 0 spiro atoms. The molecule has 0 amide bonds. The fourth-order valence-electron chi connectivity index (χ4n) is 2.60. The van der Waals surface area contributed by atoms with Crippen LogP contribution in [0.3, 0.4) is 0 Å². The maximum Gasteiger partial charge on any atom is 0.167 e. The van der Waals surface area contributed by atoms with Crippen LogP contribution in [0.4, 0.5) is 5.69 Å². The molecule has 1 aliphatic heterocycles. The quantitative estimate of drug-likeness (QED) is 0.840. The zero-order valence-electron chi connectivity index (χ0n) is 11.2. The van der Waals surface area contributed by atoms with E-state index in [2.05, 4.69) is 5.32 Å². The molecule has 0 radical (unpaired) electrons. The van der Waals surface area contributed by atoms with Crippen LogP contribution in [0, 0.1) is 0 Å². The van der Waals surface area contributed by atoms with Gasteiger partial charge in [-0.05, 0) is 54.3 Å². The standard InChI is InChI=1S/C17H17NO2/c19-15-5-1-3-12(9-15)10-17(20)14-6-7-16-13(11-14)4-2-8-18-16/h1,3,5-7,9,11,18-19H,2,4,8,10H2. The van der Waals surface area contributed by atoms with E-state index in [-0.39, 0.29) is 11.5 Å². The molecule has 0 unspecified atom stereocenters. The Morgan fingerprint density at radius 1 is 1.20 bits per heavy atom. The highest BCUT2D eigenvalue weighted by Crippen LogP contribution is 2.23. The number of anilines is 1. The second kappa shape index (κ2) is 5.37. The maximum absolute atomic E-state index is 12.3. The number of ketones is 1. The average Bonchev–Trinajstić information content (AvgIpc) is 2.47. The van der Waals surface area contributed by atoms with E-state index in [0.29, 0.717) is 6.42 Å². The van der Waals surface area contributed by atoms with Gasteiger partial charge < -0.3 is 10.4 Å². The number of hydrogen-bond donors (Lipinski definition) is 2. The van der Waals surface area contributed by atoms with Crippen LogP contribution in [0.15, 0.2) is 42.5 Å². The molecular formula is C17H17NO2. The Morgan fingerprint density at radius 2 is 2.10 bits per heavy atom. The van der Waals surface area contributed by atoms with Gasteiger partial charge in [0, 0.05) is 24.2 Å². The summed E-state index contributed by atoms with van der Waals surface area (Å²) in [6.07, 6.45) is 2.45. The van der Waals surface area contributed by atoms with Crippen molar-refractivity contribution in [2.45, 2.75) is 19.3 Å². The molecule has 102 valence electrons. The minimum atomic E-state index is 0.0870. The third-order valence-corrected chi connectivity index (χ3v) is 3.64. The van der Waals surface area contributed by atoms with Crippen molar-refractivity contribution in [3.63, 3.8) is 0 Å². The molecule has 2 aromatic carbocycles. The average molecular weight is 267 g/mol. The summed E-state index contributed by atoms with van der Waals surface area (Å²) >= 11 is 0. The first kappa shape index (κ1) is 12.7. The van der Waals surface area contributed by atoms with Crippen LogP contribution in [-0.2, 0) is 12.8 Å². The molecule has 3 nitrogen and oxygen atoms in total. The predicted octanol–water partition coefficient (Wildman–Crippen LogP) is 3.18. The molecule has 0 bridgehead atoms. The highest BCUT2D eigenvalue weighted by Gasteiger charge is 2.13. The first-order valence-corrected chi connectivity index (χ1v) is 6.90. The smallest absolute Gasteiger partial charge is 0.167 e. The summed E-state index contributed by atoms with van der Waals surface area (Å²) in [4.78, 5) is 12.3. The Morgan fingerprint density at radius 3 is 2.95 bits per heavy atom. The Kier molecular flexibility index (Phi) is 3.42. The van der Waals surface area contributed by atoms with Crippen molar-refractivity contribution in [2.24, 2.45) is 0 Å². The monoisotopic (exact) mass is 267 g/mol. The molecule has 0 aliphatic carbocycles. The van der Waals surface area contributed by atoms with Crippen LogP contribution in [0.2, 0.25) is 0 Å². The van der Waals surface area contributed by atoms with Gasteiger partial charge >= 0.3 is 0 Å². The number of hydrogen-bond acceptors (Lipinski definition) is 3. The van der Waals surface area contributed by atoms with Gasteiger partial charge in [-0.15, -0.1) is 0 Å². The Hall–Kier alpha value is -2.29. The van der Waals surface area contributed by atoms with Crippen molar-refractivity contribution in [1.82, 2.24) is 0 Å². The van der Waals surface area contributed by atoms with Crippen LogP contribution in [0.1, 0.15) is 27.9 Å². The molecule has 0 saturated carbocycles. The number of fused-ring (bicyclic) bond motifs is 1. The number of aromatic hydroxyl groups is 1. The summed E-state index contributed by atoms with van der Waals surface area (Å²) < 4.78 is 0. The topological polar surface area (TPSA) is 49.3 Å². The third kappa shape index (κ3) is 2.67. The maximum atomic E-state index is 12.3. The molecule has 2 aromatic rings. The lowest BCUT2D eigenvalue weighted by Crippen LogP contribution is -2.13. The van der Waals surface area contributed by atoms with Gasteiger partial charge in [-0.2, -0.15) is 0 Å². The van der Waals surface area contributed by atoms with E-state index in [9.17, 15) is 9.90 Å². The molecular weight excluding hydrogens is 250 g/mol. The van der Waals surface area contributed by atoms with Gasteiger partial charge in [0.15, 0.2) is 5.78 Å². The van der Waals surface area contributed by atoms with Crippen LogP contribution >= 0.6 is 0 Å². The number of Topliss-reactive ketones (excluding diaryl/α,β-unsaturated/α-hetero) is 1. The van der Waals surface area contributed by atoms with Crippen LogP contribution in [-0.4, -0.2) is 17.4 Å². The van der Waals surface area contributed by atoms with Crippen LogP contribution < -0.4 is 5.32 Å². The van der Waals surface area contributed by atoms with Gasteiger partial charge in [0.2, 0.25) is 0 Å². The SMILES string of the molecule is O=C(Cc1cccc(O)c1)c1ccc2c(c1)CCCN2. The van der Waals surface area contributed by atoms with Crippen molar-refractivity contribution in [3.05, 3.63) is 59.2 Å². The van der Waals surface area contributed by atoms with Gasteiger partial charge in [-0.3, -0.25) is 4.79 Å². The molecule has 2 N–H and O–H groups in total. The predicted molar refractivity (Wildman–Crippen MR) is 79.4 cm³/mol. The number of phenols is 1. The molecule has 1 aliphatic rings. The summed E-state index contributed by atoms with van der Waals surface area (Å²) in [5.41, 5.74) is 3.95. The second-order valence-electron chi connectivity index (χ2n) is 5.17. The third-order valence-electron chi connectivity index (χ3n) is 3.64. The number of benzene rings is 2. The van der Waals surface area contributed by atoms with Crippen molar-refractivity contribution >= 4 is 11.5 Å². The molecule has 3 heteroatoms. The van der Waals surface area contributed by atoms with Crippen LogP contribution in [0.5, 0.6) is 5.75 Å². The van der Waals surface area contributed by atoms with Crippen molar-refractivity contribution in [3.8, 4) is 5.75 Å². The normalized spacial score (nSPS) is 13.4. The van der Waals surface area contributed by atoms with E-state index in [1.165, 1.54) is 5.56 Å². The number of aryl methyl sites for hydroxylation is 1. The minimum absolute atomic E-state index is 0.0870. The molecule has 3 rings (SSSR count). The molecule has 0 saturated heterocycles. The molecule has 0 atom stereocenters. The summed E-state index contributed by atoms with van der Waals surface area (Å²) in [6.45, 7) is 1.00. The number of carbonyl (C=O) groups excluding carboxylic acids is 1.